The lowest BCUT2D eigenvalue weighted by Crippen LogP contribution is -2.24. The van der Waals surface area contributed by atoms with Crippen molar-refractivity contribution in [3.05, 3.63) is 34.6 Å². The van der Waals surface area contributed by atoms with Crippen LogP contribution in [0.4, 0.5) is 13.2 Å². The van der Waals surface area contributed by atoms with Crippen molar-refractivity contribution >= 4 is 17.4 Å². The van der Waals surface area contributed by atoms with Gasteiger partial charge in [0, 0.05) is 12.5 Å². The Morgan fingerprint density at radius 1 is 1.43 bits per heavy atom. The van der Waals surface area contributed by atoms with Gasteiger partial charge in [-0.1, -0.05) is 11.6 Å². The number of hydrogen-bond donors (Lipinski definition) is 0. The van der Waals surface area contributed by atoms with Gasteiger partial charge in [-0.2, -0.15) is 8.78 Å². The number of Topliss-reactive ketones (excluding diaryl/α,β-unsaturated/α-hetero) is 1. The van der Waals surface area contributed by atoms with Crippen LogP contribution in [0, 0.1) is 5.82 Å². The summed E-state index contributed by atoms with van der Waals surface area (Å²) in [4.78, 5) is 11.0. The average molecular weight is 223 g/mol. The van der Waals surface area contributed by atoms with Crippen molar-refractivity contribution < 1.29 is 18.0 Å². The molecular weight excluding hydrogens is 217 g/mol. The maximum atomic E-state index is 12.8. The monoisotopic (exact) mass is 222 g/mol. The summed E-state index contributed by atoms with van der Waals surface area (Å²) in [5.74, 6) is -5.81. The van der Waals surface area contributed by atoms with E-state index < -0.39 is 17.5 Å². The third-order valence-corrected chi connectivity index (χ3v) is 1.89. The average Bonchev–Trinajstić information content (AvgIpc) is 2.07. The van der Waals surface area contributed by atoms with Crippen LogP contribution in [-0.4, -0.2) is 11.7 Å². The molecule has 0 N–H and O–H groups in total. The zero-order chi connectivity index (χ0) is 10.9. The van der Waals surface area contributed by atoms with E-state index in [0.717, 1.165) is 12.1 Å². The van der Waals surface area contributed by atoms with Gasteiger partial charge in [0.15, 0.2) is 0 Å². The first-order valence-corrected chi connectivity index (χ1v) is 4.08. The van der Waals surface area contributed by atoms with Gasteiger partial charge in [-0.15, -0.1) is 0 Å². The van der Waals surface area contributed by atoms with Crippen molar-refractivity contribution in [1.29, 1.82) is 0 Å². The summed E-state index contributed by atoms with van der Waals surface area (Å²) >= 11 is 5.33. The molecule has 14 heavy (non-hydrogen) atoms. The molecule has 5 heteroatoms. The minimum Gasteiger partial charge on any atom is -0.287 e. The fraction of sp³-hybridized carbons (Fsp3) is 0.222. The minimum atomic E-state index is -3.50. The second-order valence-corrected chi connectivity index (χ2v) is 3.25. The van der Waals surface area contributed by atoms with Crippen molar-refractivity contribution in [2.45, 2.75) is 12.8 Å². The predicted molar refractivity (Wildman–Crippen MR) is 46.4 cm³/mol. The van der Waals surface area contributed by atoms with E-state index in [1.54, 1.807) is 0 Å². The van der Waals surface area contributed by atoms with Crippen molar-refractivity contribution in [1.82, 2.24) is 0 Å². The van der Waals surface area contributed by atoms with E-state index in [-0.39, 0.29) is 10.6 Å². The summed E-state index contributed by atoms with van der Waals surface area (Å²) < 4.78 is 37.9. The topological polar surface area (TPSA) is 17.1 Å². The van der Waals surface area contributed by atoms with E-state index >= 15 is 0 Å². The van der Waals surface area contributed by atoms with Crippen LogP contribution in [0.15, 0.2) is 18.2 Å². The molecule has 1 aromatic carbocycles. The second-order valence-electron chi connectivity index (χ2n) is 2.85. The first-order valence-electron chi connectivity index (χ1n) is 3.70. The van der Waals surface area contributed by atoms with Gasteiger partial charge in [0.1, 0.15) is 5.82 Å². The van der Waals surface area contributed by atoms with E-state index in [2.05, 4.69) is 0 Å². The van der Waals surface area contributed by atoms with Crippen LogP contribution in [0.3, 0.4) is 0 Å². The molecule has 1 nitrogen and oxygen atoms in total. The normalized spacial score (nSPS) is 11.5. The third-order valence-electron chi connectivity index (χ3n) is 1.58. The fourth-order valence-electron chi connectivity index (χ4n) is 0.891. The van der Waals surface area contributed by atoms with Gasteiger partial charge >= 0.3 is 5.92 Å². The summed E-state index contributed by atoms with van der Waals surface area (Å²) in [6.07, 6.45) is 0. The molecular formula is C9H6ClF3O. The van der Waals surface area contributed by atoms with Gasteiger partial charge in [0.05, 0.1) is 5.02 Å². The SMILES string of the molecule is CC(F)(F)C(=O)c1ccc(Cl)c(F)c1. The highest BCUT2D eigenvalue weighted by atomic mass is 35.5. The minimum absolute atomic E-state index is 0.207. The summed E-state index contributed by atoms with van der Waals surface area (Å²) in [6.45, 7) is 0.460. The lowest BCUT2D eigenvalue weighted by Gasteiger charge is -2.08. The van der Waals surface area contributed by atoms with E-state index in [4.69, 9.17) is 11.6 Å². The molecule has 0 aliphatic carbocycles. The molecule has 0 atom stereocenters. The van der Waals surface area contributed by atoms with Gasteiger partial charge in [0.2, 0.25) is 5.78 Å². The first kappa shape index (κ1) is 11.0. The largest absolute Gasteiger partial charge is 0.307 e. The Morgan fingerprint density at radius 3 is 2.43 bits per heavy atom. The summed E-state index contributed by atoms with van der Waals surface area (Å²) in [5, 5.41) is -0.207. The number of benzene rings is 1. The molecule has 0 bridgehead atoms. The van der Waals surface area contributed by atoms with E-state index in [1.165, 1.54) is 0 Å². The van der Waals surface area contributed by atoms with Crippen LogP contribution in [0.1, 0.15) is 17.3 Å². The maximum absolute atomic E-state index is 12.8. The van der Waals surface area contributed by atoms with Crippen molar-refractivity contribution in [3.63, 3.8) is 0 Å². The van der Waals surface area contributed by atoms with E-state index in [0.29, 0.717) is 13.0 Å². The molecule has 0 amide bonds. The number of halogens is 4. The zero-order valence-corrected chi connectivity index (χ0v) is 7.91. The summed E-state index contributed by atoms with van der Waals surface area (Å²) in [6, 6.07) is 2.82. The molecule has 1 rings (SSSR count). The quantitative estimate of drug-likeness (QED) is 0.702. The number of ketones is 1. The molecule has 0 heterocycles. The molecule has 0 aromatic heterocycles. The van der Waals surface area contributed by atoms with Crippen molar-refractivity contribution in [2.24, 2.45) is 0 Å². The van der Waals surface area contributed by atoms with Crippen LogP contribution in [0.2, 0.25) is 5.02 Å². The van der Waals surface area contributed by atoms with Crippen LogP contribution >= 0.6 is 11.6 Å². The van der Waals surface area contributed by atoms with Gasteiger partial charge in [-0.25, -0.2) is 4.39 Å². The number of rotatable bonds is 2. The fourth-order valence-corrected chi connectivity index (χ4v) is 1.01. The van der Waals surface area contributed by atoms with Gasteiger partial charge in [-0.05, 0) is 18.2 Å². The molecule has 0 fully saturated rings. The molecule has 0 saturated heterocycles. The molecule has 1 aromatic rings. The molecule has 0 aliphatic rings. The Labute approximate surface area is 83.5 Å². The lowest BCUT2D eigenvalue weighted by atomic mass is 10.1. The third kappa shape index (κ3) is 2.26. The van der Waals surface area contributed by atoms with Crippen molar-refractivity contribution in [2.75, 3.05) is 0 Å². The smallest absolute Gasteiger partial charge is 0.287 e. The van der Waals surface area contributed by atoms with Crippen LogP contribution in [0.25, 0.3) is 0 Å². The number of carbonyl (C=O) groups excluding carboxylic acids is 1. The van der Waals surface area contributed by atoms with E-state index in [1.807, 2.05) is 0 Å². The Hall–Kier alpha value is -1.03. The molecule has 0 unspecified atom stereocenters. The van der Waals surface area contributed by atoms with Crippen molar-refractivity contribution in [3.8, 4) is 0 Å². The van der Waals surface area contributed by atoms with Gasteiger partial charge in [-0.3, -0.25) is 4.79 Å². The second kappa shape index (κ2) is 3.61. The van der Waals surface area contributed by atoms with Crippen LogP contribution in [-0.2, 0) is 0 Å². The molecule has 0 aliphatic heterocycles. The summed E-state index contributed by atoms with van der Waals surface area (Å²) in [7, 11) is 0. The molecule has 76 valence electrons. The lowest BCUT2D eigenvalue weighted by molar-refractivity contribution is 0.0221. The number of carbonyl (C=O) groups is 1. The molecule has 0 spiro atoms. The van der Waals surface area contributed by atoms with Crippen LogP contribution < -0.4 is 0 Å². The maximum Gasteiger partial charge on any atom is 0.307 e. The Morgan fingerprint density at radius 2 is 2.00 bits per heavy atom. The first-order chi connectivity index (χ1) is 6.32. The standard InChI is InChI=1S/C9H6ClF3O/c1-9(12,13)8(14)5-2-3-6(10)7(11)4-5/h2-4H,1H3. The van der Waals surface area contributed by atoms with Crippen LogP contribution in [0.5, 0.6) is 0 Å². The Bertz CT molecular complexity index is 371. The number of hydrogen-bond acceptors (Lipinski definition) is 1. The Balaban J connectivity index is 3.10. The van der Waals surface area contributed by atoms with Gasteiger partial charge in [0.25, 0.3) is 0 Å². The van der Waals surface area contributed by atoms with Gasteiger partial charge < -0.3 is 0 Å². The Kier molecular flexibility index (Phi) is 2.85. The summed E-state index contributed by atoms with van der Waals surface area (Å²) in [5.41, 5.74) is -0.389. The highest BCUT2D eigenvalue weighted by molar-refractivity contribution is 6.30. The number of alkyl halides is 2. The predicted octanol–water partition coefficient (Wildman–Crippen LogP) is 3.32. The van der Waals surface area contributed by atoms with E-state index in [9.17, 15) is 18.0 Å². The molecule has 0 radical (unpaired) electrons. The highest BCUT2D eigenvalue weighted by Gasteiger charge is 2.33. The zero-order valence-electron chi connectivity index (χ0n) is 7.15. The molecule has 0 saturated carbocycles. The highest BCUT2D eigenvalue weighted by Crippen LogP contribution is 2.22.